The standard InChI is InChI=1S/C22H18ClNO2S/c1-15-20(22(25)26-2)4-3-5-21(15)24-14-16-6-10-18(11-7-16)27-19-12-8-17(23)9-13-19/h3-14H,1-2H3. The smallest absolute Gasteiger partial charge is 0.338 e. The van der Waals surface area contributed by atoms with Crippen LogP contribution in [0.3, 0.4) is 0 Å². The predicted molar refractivity (Wildman–Crippen MR) is 112 cm³/mol. The van der Waals surface area contributed by atoms with Gasteiger partial charge in [-0.2, -0.15) is 0 Å². The van der Waals surface area contributed by atoms with Crippen LogP contribution in [0, 0.1) is 6.92 Å². The Bertz CT molecular complexity index is 967. The van der Waals surface area contributed by atoms with Crippen LogP contribution in [0.2, 0.25) is 5.02 Å². The van der Waals surface area contributed by atoms with Crippen LogP contribution in [-0.2, 0) is 4.74 Å². The van der Waals surface area contributed by atoms with Crippen LogP contribution in [0.4, 0.5) is 5.69 Å². The minimum absolute atomic E-state index is 0.354. The highest BCUT2D eigenvalue weighted by atomic mass is 35.5. The monoisotopic (exact) mass is 395 g/mol. The summed E-state index contributed by atoms with van der Waals surface area (Å²) >= 11 is 7.59. The summed E-state index contributed by atoms with van der Waals surface area (Å²) in [5.41, 5.74) is 3.06. The molecule has 3 aromatic carbocycles. The Morgan fingerprint density at radius 1 is 1.00 bits per heavy atom. The number of esters is 1. The van der Waals surface area contributed by atoms with E-state index in [4.69, 9.17) is 16.3 Å². The van der Waals surface area contributed by atoms with Gasteiger partial charge in [0.15, 0.2) is 0 Å². The maximum absolute atomic E-state index is 11.8. The number of rotatable bonds is 5. The number of methoxy groups -OCH3 is 1. The largest absolute Gasteiger partial charge is 0.465 e. The third kappa shape index (κ3) is 5.00. The number of hydrogen-bond donors (Lipinski definition) is 0. The SMILES string of the molecule is COC(=O)c1cccc(N=Cc2ccc(Sc3ccc(Cl)cc3)cc2)c1C. The van der Waals surface area contributed by atoms with Gasteiger partial charge in [-0.15, -0.1) is 0 Å². The fourth-order valence-corrected chi connectivity index (χ4v) is 3.44. The molecular formula is C22H18ClNO2S. The summed E-state index contributed by atoms with van der Waals surface area (Å²) in [5.74, 6) is -0.354. The summed E-state index contributed by atoms with van der Waals surface area (Å²) < 4.78 is 4.80. The van der Waals surface area contributed by atoms with Gasteiger partial charge in [-0.1, -0.05) is 41.6 Å². The molecule has 27 heavy (non-hydrogen) atoms. The van der Waals surface area contributed by atoms with E-state index in [0.29, 0.717) is 5.56 Å². The van der Waals surface area contributed by atoms with Gasteiger partial charge in [-0.25, -0.2) is 4.79 Å². The normalized spacial score (nSPS) is 10.9. The van der Waals surface area contributed by atoms with Crippen molar-refractivity contribution in [3.63, 3.8) is 0 Å². The first-order chi connectivity index (χ1) is 13.1. The molecule has 0 amide bonds. The van der Waals surface area contributed by atoms with Crippen molar-refractivity contribution < 1.29 is 9.53 Å². The Hall–Kier alpha value is -2.56. The Morgan fingerprint density at radius 2 is 1.63 bits per heavy atom. The number of carbonyl (C=O) groups is 1. The molecule has 0 aliphatic carbocycles. The van der Waals surface area contributed by atoms with Crippen molar-refractivity contribution >= 4 is 41.2 Å². The summed E-state index contributed by atoms with van der Waals surface area (Å²) in [4.78, 5) is 18.6. The maximum atomic E-state index is 11.8. The maximum Gasteiger partial charge on any atom is 0.338 e. The van der Waals surface area contributed by atoms with E-state index in [2.05, 4.69) is 17.1 Å². The van der Waals surface area contributed by atoms with Gasteiger partial charge >= 0.3 is 5.97 Å². The van der Waals surface area contributed by atoms with Crippen molar-refractivity contribution in [3.05, 3.63) is 88.4 Å². The van der Waals surface area contributed by atoms with Crippen molar-refractivity contribution in [2.75, 3.05) is 7.11 Å². The van der Waals surface area contributed by atoms with Gasteiger partial charge in [0.2, 0.25) is 0 Å². The lowest BCUT2D eigenvalue weighted by Gasteiger charge is -2.06. The fraction of sp³-hybridized carbons (Fsp3) is 0.0909. The van der Waals surface area contributed by atoms with Crippen LogP contribution < -0.4 is 0 Å². The van der Waals surface area contributed by atoms with E-state index in [-0.39, 0.29) is 5.97 Å². The fourth-order valence-electron chi connectivity index (χ4n) is 2.50. The lowest BCUT2D eigenvalue weighted by Crippen LogP contribution is -2.03. The van der Waals surface area contributed by atoms with Crippen molar-refractivity contribution in [1.82, 2.24) is 0 Å². The molecule has 0 bridgehead atoms. The summed E-state index contributed by atoms with van der Waals surface area (Å²) in [7, 11) is 1.38. The zero-order chi connectivity index (χ0) is 19.2. The number of carbonyl (C=O) groups excluding carboxylic acids is 1. The summed E-state index contributed by atoms with van der Waals surface area (Å²) in [5, 5.41) is 0.734. The molecule has 0 saturated carbocycles. The van der Waals surface area contributed by atoms with Crippen molar-refractivity contribution in [2.24, 2.45) is 4.99 Å². The Balaban J connectivity index is 1.73. The third-order valence-corrected chi connectivity index (χ3v) is 5.26. The zero-order valence-electron chi connectivity index (χ0n) is 15.0. The van der Waals surface area contributed by atoms with Gasteiger partial charge in [0, 0.05) is 21.0 Å². The quantitative estimate of drug-likeness (QED) is 0.374. The third-order valence-electron chi connectivity index (χ3n) is 3.99. The minimum Gasteiger partial charge on any atom is -0.465 e. The van der Waals surface area contributed by atoms with Crippen molar-refractivity contribution in [2.45, 2.75) is 16.7 Å². The molecule has 0 radical (unpaired) electrons. The molecule has 136 valence electrons. The second-order valence-electron chi connectivity index (χ2n) is 5.82. The van der Waals surface area contributed by atoms with Gasteiger partial charge in [0.25, 0.3) is 0 Å². The van der Waals surface area contributed by atoms with E-state index >= 15 is 0 Å². The average Bonchev–Trinajstić information content (AvgIpc) is 2.69. The van der Waals surface area contributed by atoms with E-state index in [0.717, 1.165) is 31.6 Å². The predicted octanol–water partition coefficient (Wildman–Crippen LogP) is 6.34. The number of halogens is 1. The molecule has 0 heterocycles. The molecule has 5 heteroatoms. The van der Waals surface area contributed by atoms with E-state index < -0.39 is 0 Å². The van der Waals surface area contributed by atoms with Crippen molar-refractivity contribution in [1.29, 1.82) is 0 Å². The summed E-state index contributed by atoms with van der Waals surface area (Å²) in [6.07, 6.45) is 1.79. The van der Waals surface area contributed by atoms with E-state index in [1.807, 2.05) is 49.4 Å². The highest BCUT2D eigenvalue weighted by molar-refractivity contribution is 7.99. The second kappa shape index (κ2) is 8.89. The van der Waals surface area contributed by atoms with E-state index in [9.17, 15) is 4.79 Å². The van der Waals surface area contributed by atoms with Gasteiger partial charge in [0.05, 0.1) is 18.4 Å². The Labute approximate surface area is 168 Å². The highest BCUT2D eigenvalue weighted by Gasteiger charge is 2.10. The average molecular weight is 396 g/mol. The summed E-state index contributed by atoms with van der Waals surface area (Å²) in [6.45, 7) is 1.87. The molecule has 0 unspecified atom stereocenters. The van der Waals surface area contributed by atoms with Crippen LogP contribution in [-0.4, -0.2) is 19.3 Å². The molecule has 0 fully saturated rings. The van der Waals surface area contributed by atoms with Crippen LogP contribution >= 0.6 is 23.4 Å². The molecule has 0 aliphatic heterocycles. The van der Waals surface area contributed by atoms with Gasteiger partial charge in [-0.05, 0) is 66.6 Å². The van der Waals surface area contributed by atoms with Gasteiger partial charge < -0.3 is 4.74 Å². The first kappa shape index (κ1) is 19.2. The highest BCUT2D eigenvalue weighted by Crippen LogP contribution is 2.28. The Morgan fingerprint density at radius 3 is 2.26 bits per heavy atom. The van der Waals surface area contributed by atoms with Crippen LogP contribution in [0.15, 0.2) is 81.5 Å². The lowest BCUT2D eigenvalue weighted by molar-refractivity contribution is 0.0600. The summed E-state index contributed by atoms with van der Waals surface area (Å²) in [6, 6.07) is 21.3. The topological polar surface area (TPSA) is 38.7 Å². The Kier molecular flexibility index (Phi) is 6.32. The molecular weight excluding hydrogens is 378 g/mol. The molecule has 0 N–H and O–H groups in total. The van der Waals surface area contributed by atoms with Crippen LogP contribution in [0.25, 0.3) is 0 Å². The van der Waals surface area contributed by atoms with Crippen LogP contribution in [0.1, 0.15) is 21.5 Å². The number of nitrogens with zero attached hydrogens (tertiary/aromatic N) is 1. The molecule has 0 saturated heterocycles. The zero-order valence-corrected chi connectivity index (χ0v) is 16.6. The number of hydrogen-bond acceptors (Lipinski definition) is 4. The van der Waals surface area contributed by atoms with Crippen LogP contribution in [0.5, 0.6) is 0 Å². The second-order valence-corrected chi connectivity index (χ2v) is 7.41. The molecule has 0 aliphatic rings. The number of benzene rings is 3. The first-order valence-corrected chi connectivity index (χ1v) is 9.52. The molecule has 3 aromatic rings. The molecule has 0 aromatic heterocycles. The van der Waals surface area contributed by atoms with Crippen molar-refractivity contribution in [3.8, 4) is 0 Å². The van der Waals surface area contributed by atoms with E-state index in [1.54, 1.807) is 30.1 Å². The van der Waals surface area contributed by atoms with Gasteiger partial charge in [0.1, 0.15) is 0 Å². The minimum atomic E-state index is -0.354. The number of ether oxygens (including phenoxy) is 1. The molecule has 3 nitrogen and oxygen atoms in total. The lowest BCUT2D eigenvalue weighted by atomic mass is 10.1. The van der Waals surface area contributed by atoms with Gasteiger partial charge in [-0.3, -0.25) is 4.99 Å². The molecule has 3 rings (SSSR count). The molecule has 0 spiro atoms. The number of aliphatic imine (C=N–C) groups is 1. The molecule has 0 atom stereocenters. The first-order valence-electron chi connectivity index (χ1n) is 8.32. The van der Waals surface area contributed by atoms with E-state index in [1.165, 1.54) is 7.11 Å².